The van der Waals surface area contributed by atoms with Crippen molar-refractivity contribution in [1.82, 2.24) is 0 Å². The molecular formula is C31H24BrClN2O4. The Balaban J connectivity index is 1.42. The molecule has 6 nitrogen and oxygen atoms in total. The van der Waals surface area contributed by atoms with E-state index in [1.165, 1.54) is 13.2 Å². The normalized spacial score (nSPS) is 10.9. The van der Waals surface area contributed by atoms with Gasteiger partial charge in [0.15, 0.2) is 11.5 Å². The Morgan fingerprint density at radius 2 is 1.59 bits per heavy atom. The lowest BCUT2D eigenvalue weighted by molar-refractivity contribution is -0.112. The summed E-state index contributed by atoms with van der Waals surface area (Å²) in [5.41, 5.74) is 3.05. The van der Waals surface area contributed by atoms with Gasteiger partial charge in [-0.1, -0.05) is 70.0 Å². The molecule has 4 aromatic carbocycles. The number of halogens is 2. The monoisotopic (exact) mass is 602 g/mol. The van der Waals surface area contributed by atoms with Crippen molar-refractivity contribution in [2.75, 3.05) is 12.4 Å². The Bertz CT molecular complexity index is 1500. The lowest BCUT2D eigenvalue weighted by Gasteiger charge is -2.13. The predicted octanol–water partition coefficient (Wildman–Crippen LogP) is 7.81. The maximum absolute atomic E-state index is 12.8. The van der Waals surface area contributed by atoms with Crippen LogP contribution in [0.3, 0.4) is 0 Å². The zero-order valence-electron chi connectivity index (χ0n) is 21.0. The molecule has 0 heterocycles. The number of hydrogen-bond acceptors (Lipinski definition) is 5. The number of carbonyl (C=O) groups excluding carboxylic acids is 1. The quantitative estimate of drug-likeness (QED) is 0.148. The van der Waals surface area contributed by atoms with Crippen LogP contribution in [0.25, 0.3) is 6.08 Å². The number of amides is 1. The Morgan fingerprint density at radius 1 is 0.923 bits per heavy atom. The van der Waals surface area contributed by atoms with Crippen molar-refractivity contribution in [2.45, 2.75) is 13.2 Å². The second kappa shape index (κ2) is 13.5. The van der Waals surface area contributed by atoms with E-state index in [1.807, 2.05) is 48.5 Å². The number of hydrogen-bond donors (Lipinski definition) is 1. The molecule has 4 aromatic rings. The molecule has 0 radical (unpaired) electrons. The molecule has 0 aliphatic heterocycles. The number of rotatable bonds is 10. The van der Waals surface area contributed by atoms with Crippen molar-refractivity contribution in [3.05, 3.63) is 123 Å². The highest BCUT2D eigenvalue weighted by molar-refractivity contribution is 9.10. The minimum Gasteiger partial charge on any atom is -0.493 e. The molecule has 196 valence electrons. The largest absolute Gasteiger partial charge is 0.493 e. The lowest BCUT2D eigenvalue weighted by Crippen LogP contribution is -2.13. The first kappa shape index (κ1) is 27.8. The summed E-state index contributed by atoms with van der Waals surface area (Å²) >= 11 is 9.45. The molecule has 1 N–H and O–H groups in total. The SMILES string of the molecule is COc1cc(/C=C(\C#N)C(=O)Nc2ccc(OCc3ccccc3)cc2)c(Br)cc1OCc1ccc(Cl)cc1. The Labute approximate surface area is 240 Å². The summed E-state index contributed by atoms with van der Waals surface area (Å²) in [5, 5.41) is 13.1. The molecule has 0 spiro atoms. The summed E-state index contributed by atoms with van der Waals surface area (Å²) in [7, 11) is 1.52. The topological polar surface area (TPSA) is 80.6 Å². The van der Waals surface area contributed by atoms with Crippen molar-refractivity contribution in [2.24, 2.45) is 0 Å². The summed E-state index contributed by atoms with van der Waals surface area (Å²) in [4.78, 5) is 12.8. The molecule has 0 aliphatic carbocycles. The number of anilines is 1. The average molecular weight is 604 g/mol. The molecule has 0 unspecified atom stereocenters. The molecule has 1 amide bonds. The van der Waals surface area contributed by atoms with Crippen molar-refractivity contribution in [3.63, 3.8) is 0 Å². The van der Waals surface area contributed by atoms with Crippen LogP contribution in [-0.4, -0.2) is 13.0 Å². The first-order chi connectivity index (χ1) is 18.9. The number of nitrogens with zero attached hydrogens (tertiary/aromatic N) is 1. The molecule has 0 atom stereocenters. The highest BCUT2D eigenvalue weighted by Gasteiger charge is 2.14. The van der Waals surface area contributed by atoms with E-state index in [9.17, 15) is 10.1 Å². The minimum absolute atomic E-state index is 0.0722. The molecule has 0 fully saturated rings. The molecule has 0 saturated heterocycles. The highest BCUT2D eigenvalue weighted by atomic mass is 79.9. The number of methoxy groups -OCH3 is 1. The van der Waals surface area contributed by atoms with Gasteiger partial charge < -0.3 is 19.5 Å². The Kier molecular flexibility index (Phi) is 9.63. The van der Waals surface area contributed by atoms with E-state index in [2.05, 4.69) is 21.2 Å². The van der Waals surface area contributed by atoms with Crippen molar-refractivity contribution in [3.8, 4) is 23.3 Å². The van der Waals surface area contributed by atoms with Gasteiger partial charge in [-0.15, -0.1) is 0 Å². The Morgan fingerprint density at radius 3 is 2.26 bits per heavy atom. The zero-order chi connectivity index (χ0) is 27.6. The maximum Gasteiger partial charge on any atom is 0.266 e. The van der Waals surface area contributed by atoms with E-state index in [1.54, 1.807) is 48.5 Å². The van der Waals surface area contributed by atoms with Gasteiger partial charge in [0, 0.05) is 15.2 Å². The van der Waals surface area contributed by atoms with Gasteiger partial charge in [-0.25, -0.2) is 0 Å². The molecular weight excluding hydrogens is 580 g/mol. The van der Waals surface area contributed by atoms with E-state index in [-0.39, 0.29) is 5.57 Å². The van der Waals surface area contributed by atoms with Crippen molar-refractivity contribution in [1.29, 1.82) is 5.26 Å². The van der Waals surface area contributed by atoms with Crippen LogP contribution in [0.2, 0.25) is 5.02 Å². The van der Waals surface area contributed by atoms with Crippen molar-refractivity contribution >= 4 is 45.2 Å². The van der Waals surface area contributed by atoms with Gasteiger partial charge in [-0.05, 0) is 71.3 Å². The molecule has 0 aromatic heterocycles. The van der Waals surface area contributed by atoms with Crippen LogP contribution in [0.4, 0.5) is 5.69 Å². The van der Waals surface area contributed by atoms with Gasteiger partial charge in [0.2, 0.25) is 0 Å². The first-order valence-electron chi connectivity index (χ1n) is 11.9. The van der Waals surface area contributed by atoms with Crippen LogP contribution >= 0.6 is 27.5 Å². The van der Waals surface area contributed by atoms with Crippen LogP contribution in [0.5, 0.6) is 17.2 Å². The molecule has 4 rings (SSSR count). The summed E-state index contributed by atoms with van der Waals surface area (Å²) < 4.78 is 17.8. The van der Waals surface area contributed by atoms with Crippen LogP contribution in [0.1, 0.15) is 16.7 Å². The number of nitriles is 1. The fourth-order valence-electron chi connectivity index (χ4n) is 3.55. The van der Waals surface area contributed by atoms with E-state index in [0.717, 1.165) is 11.1 Å². The number of nitrogens with one attached hydrogen (secondary N) is 1. The van der Waals surface area contributed by atoms with Crippen molar-refractivity contribution < 1.29 is 19.0 Å². The third-order valence-electron chi connectivity index (χ3n) is 5.62. The first-order valence-corrected chi connectivity index (χ1v) is 13.1. The number of ether oxygens (including phenoxy) is 3. The number of carbonyl (C=O) groups is 1. The second-order valence-corrected chi connectivity index (χ2v) is 9.65. The van der Waals surface area contributed by atoms with Gasteiger partial charge in [0.05, 0.1) is 7.11 Å². The molecule has 0 aliphatic rings. The predicted molar refractivity (Wildman–Crippen MR) is 156 cm³/mol. The van der Waals surface area contributed by atoms with Crippen LogP contribution in [0.15, 0.2) is 101 Å². The average Bonchev–Trinajstić information content (AvgIpc) is 2.96. The molecule has 8 heteroatoms. The molecule has 0 bridgehead atoms. The third kappa shape index (κ3) is 7.87. The second-order valence-electron chi connectivity index (χ2n) is 8.36. The fraction of sp³-hybridized carbons (Fsp3) is 0.0968. The molecule has 0 saturated carbocycles. The summed E-state index contributed by atoms with van der Waals surface area (Å²) in [5.74, 6) is 1.10. The zero-order valence-corrected chi connectivity index (χ0v) is 23.3. The van der Waals surface area contributed by atoms with Gasteiger partial charge in [0.1, 0.15) is 30.6 Å². The van der Waals surface area contributed by atoms with Crippen LogP contribution in [0, 0.1) is 11.3 Å². The highest BCUT2D eigenvalue weighted by Crippen LogP contribution is 2.35. The van der Waals surface area contributed by atoms with E-state index < -0.39 is 5.91 Å². The summed E-state index contributed by atoms with van der Waals surface area (Å²) in [6.07, 6.45) is 1.49. The minimum atomic E-state index is -0.538. The van der Waals surface area contributed by atoms with Crippen LogP contribution < -0.4 is 19.5 Å². The van der Waals surface area contributed by atoms with E-state index in [4.69, 9.17) is 25.8 Å². The third-order valence-corrected chi connectivity index (χ3v) is 6.55. The smallest absolute Gasteiger partial charge is 0.266 e. The van der Waals surface area contributed by atoms with Crippen LogP contribution in [-0.2, 0) is 18.0 Å². The van der Waals surface area contributed by atoms with Gasteiger partial charge >= 0.3 is 0 Å². The summed E-state index contributed by atoms with van der Waals surface area (Å²) in [6, 6.07) is 29.6. The fourth-order valence-corrected chi connectivity index (χ4v) is 4.12. The van der Waals surface area contributed by atoms with E-state index in [0.29, 0.717) is 51.2 Å². The van der Waals surface area contributed by atoms with Gasteiger partial charge in [-0.3, -0.25) is 4.79 Å². The summed E-state index contributed by atoms with van der Waals surface area (Å²) in [6.45, 7) is 0.758. The molecule has 39 heavy (non-hydrogen) atoms. The van der Waals surface area contributed by atoms with E-state index >= 15 is 0 Å². The van der Waals surface area contributed by atoms with Gasteiger partial charge in [0.25, 0.3) is 5.91 Å². The lowest BCUT2D eigenvalue weighted by atomic mass is 10.1. The number of benzene rings is 4. The maximum atomic E-state index is 12.8. The Hall–Kier alpha value is -4.25. The standard InChI is InChI=1S/C31H24BrClN2O4/c1-37-29-16-23(28(32)17-30(29)39-20-22-7-9-25(33)10-8-22)15-24(18-34)31(36)35-26-11-13-27(14-12-26)38-19-21-5-3-2-4-6-21/h2-17H,19-20H2,1H3,(H,35,36)/b24-15+. The van der Waals surface area contributed by atoms with Gasteiger partial charge in [-0.2, -0.15) is 5.26 Å².